The van der Waals surface area contributed by atoms with Gasteiger partial charge in [-0.1, -0.05) is 0 Å². The first-order valence-corrected chi connectivity index (χ1v) is 7.60. The van der Waals surface area contributed by atoms with Gasteiger partial charge in [0.1, 0.15) is 0 Å². The first-order valence-electron chi connectivity index (χ1n) is 7.60. The molecule has 0 saturated carbocycles. The van der Waals surface area contributed by atoms with E-state index in [4.69, 9.17) is 9.47 Å². The number of likely N-dealkylation sites (tertiary alicyclic amines) is 1. The molecule has 1 rings (SSSR count). The van der Waals surface area contributed by atoms with Crippen molar-refractivity contribution in [2.75, 3.05) is 53.1 Å². The minimum absolute atomic E-state index is 0.351. The number of unbranched alkanes of at least 4 members (excludes halogenated alkanes) is 1. The molecule has 0 amide bonds. The Labute approximate surface area is 125 Å². The zero-order valence-electron chi connectivity index (χ0n) is 12.8. The Morgan fingerprint density at radius 3 is 2.43 bits per heavy atom. The summed E-state index contributed by atoms with van der Waals surface area (Å²) in [4.78, 5) is 1.49. The molecule has 1 aliphatic heterocycles. The highest BCUT2D eigenvalue weighted by Crippen LogP contribution is 2.19. The van der Waals surface area contributed by atoms with Gasteiger partial charge in [0.25, 0.3) is 0 Å². The number of nitrogens with zero attached hydrogens (tertiary/aromatic N) is 1. The van der Waals surface area contributed by atoms with Crippen molar-refractivity contribution in [3.05, 3.63) is 0 Å². The van der Waals surface area contributed by atoms with Gasteiger partial charge in [0.05, 0.1) is 19.8 Å². The monoisotopic (exact) mass is 312 g/mol. The average molecular weight is 312 g/mol. The van der Waals surface area contributed by atoms with E-state index in [0.29, 0.717) is 32.3 Å². The highest BCUT2D eigenvalue weighted by Gasteiger charge is 2.32. The number of nitrogens with one attached hydrogen (secondary N) is 1. The molecule has 0 unspecified atom stereocenters. The Morgan fingerprint density at radius 2 is 1.81 bits per heavy atom. The zero-order chi connectivity index (χ0) is 15.6. The minimum Gasteiger partial charge on any atom is -0.382 e. The molecule has 4 nitrogen and oxygen atoms in total. The molecule has 7 heteroatoms. The quantitative estimate of drug-likeness (QED) is 0.626. The van der Waals surface area contributed by atoms with Crippen LogP contribution in [0.25, 0.3) is 0 Å². The molecule has 0 atom stereocenters. The summed E-state index contributed by atoms with van der Waals surface area (Å²) < 4.78 is 47.0. The minimum atomic E-state index is -4.08. The van der Waals surface area contributed by atoms with Crippen LogP contribution in [0.4, 0.5) is 13.2 Å². The van der Waals surface area contributed by atoms with Crippen LogP contribution < -0.4 is 5.32 Å². The fourth-order valence-corrected chi connectivity index (χ4v) is 2.43. The maximum atomic E-state index is 12.3. The van der Waals surface area contributed by atoms with Crippen LogP contribution in [0.2, 0.25) is 0 Å². The molecule has 1 fully saturated rings. The van der Waals surface area contributed by atoms with Gasteiger partial charge >= 0.3 is 6.18 Å². The van der Waals surface area contributed by atoms with Gasteiger partial charge in [-0.05, 0) is 45.3 Å². The Bertz CT molecular complexity index is 257. The number of hydrogen-bond donors (Lipinski definition) is 1. The highest BCUT2D eigenvalue weighted by atomic mass is 19.4. The van der Waals surface area contributed by atoms with Crippen molar-refractivity contribution in [1.29, 1.82) is 0 Å². The predicted octanol–water partition coefficient (Wildman–Crippen LogP) is 2.05. The first-order chi connectivity index (χ1) is 10.0. The van der Waals surface area contributed by atoms with E-state index in [2.05, 4.69) is 5.32 Å². The van der Waals surface area contributed by atoms with Crippen LogP contribution in [0.15, 0.2) is 0 Å². The Hall–Kier alpha value is -0.370. The van der Waals surface area contributed by atoms with Crippen molar-refractivity contribution < 1.29 is 22.6 Å². The fourth-order valence-electron chi connectivity index (χ4n) is 2.43. The summed E-state index contributed by atoms with van der Waals surface area (Å²) in [5.74, 6) is 0. The van der Waals surface area contributed by atoms with Gasteiger partial charge in [-0.3, -0.25) is 4.90 Å². The van der Waals surface area contributed by atoms with Crippen LogP contribution in [-0.4, -0.2) is 70.2 Å². The topological polar surface area (TPSA) is 33.7 Å². The van der Waals surface area contributed by atoms with Crippen molar-refractivity contribution in [3.63, 3.8) is 0 Å². The van der Waals surface area contributed by atoms with Gasteiger partial charge in [-0.25, -0.2) is 0 Å². The highest BCUT2D eigenvalue weighted by molar-refractivity contribution is 4.78. The van der Waals surface area contributed by atoms with Gasteiger partial charge in [0.15, 0.2) is 0 Å². The Balaban J connectivity index is 1.94. The zero-order valence-corrected chi connectivity index (χ0v) is 12.8. The van der Waals surface area contributed by atoms with E-state index >= 15 is 0 Å². The van der Waals surface area contributed by atoms with Gasteiger partial charge in [0, 0.05) is 19.8 Å². The molecule has 0 aromatic heterocycles. The summed E-state index contributed by atoms with van der Waals surface area (Å²) in [6.07, 6.45) is -0.483. The third-order valence-electron chi connectivity index (χ3n) is 3.57. The number of methoxy groups -OCH3 is 1. The molecule has 126 valence electrons. The van der Waals surface area contributed by atoms with Crippen LogP contribution in [0.1, 0.15) is 25.7 Å². The first kappa shape index (κ1) is 18.7. The summed E-state index contributed by atoms with van der Waals surface area (Å²) in [5.41, 5.74) is 0. The molecule has 1 aliphatic rings. The molecule has 1 N–H and O–H groups in total. The molecule has 0 aromatic carbocycles. The third-order valence-corrected chi connectivity index (χ3v) is 3.57. The summed E-state index contributed by atoms with van der Waals surface area (Å²) in [6.45, 7) is 3.15. The maximum absolute atomic E-state index is 12.3. The van der Waals surface area contributed by atoms with Crippen LogP contribution in [0, 0.1) is 0 Å². The number of halogens is 3. The van der Waals surface area contributed by atoms with Gasteiger partial charge in [-0.15, -0.1) is 0 Å². The SMILES string of the molecule is COCCOCCCCNC1CCN(CC(F)(F)F)CC1. The van der Waals surface area contributed by atoms with Gasteiger partial charge < -0.3 is 14.8 Å². The normalized spacial score (nSPS) is 18.3. The van der Waals surface area contributed by atoms with E-state index in [1.54, 1.807) is 7.11 Å². The summed E-state index contributed by atoms with van der Waals surface area (Å²) in [5, 5.41) is 3.42. The van der Waals surface area contributed by atoms with E-state index in [1.807, 2.05) is 0 Å². The second-order valence-corrected chi connectivity index (χ2v) is 5.43. The molecule has 0 bridgehead atoms. The molecular formula is C14H27F3N2O2. The summed E-state index contributed by atoms with van der Waals surface area (Å²) in [7, 11) is 1.65. The van der Waals surface area contributed by atoms with Crippen LogP contribution >= 0.6 is 0 Å². The second-order valence-electron chi connectivity index (χ2n) is 5.43. The third kappa shape index (κ3) is 10.1. The molecule has 0 aliphatic carbocycles. The lowest BCUT2D eigenvalue weighted by molar-refractivity contribution is -0.148. The largest absolute Gasteiger partial charge is 0.401 e. The number of alkyl halides is 3. The van der Waals surface area contributed by atoms with Crippen LogP contribution in [0.5, 0.6) is 0 Å². The Kier molecular flexibility index (Phi) is 9.23. The Morgan fingerprint density at radius 1 is 1.10 bits per heavy atom. The van der Waals surface area contributed by atoms with Crippen molar-refractivity contribution >= 4 is 0 Å². The van der Waals surface area contributed by atoms with E-state index in [-0.39, 0.29) is 0 Å². The number of piperidine rings is 1. The van der Waals surface area contributed by atoms with Crippen molar-refractivity contribution in [2.45, 2.75) is 37.9 Å². The molecule has 1 heterocycles. The van der Waals surface area contributed by atoms with E-state index < -0.39 is 12.7 Å². The number of hydrogen-bond acceptors (Lipinski definition) is 4. The molecule has 0 radical (unpaired) electrons. The van der Waals surface area contributed by atoms with Crippen LogP contribution in [0.3, 0.4) is 0 Å². The lowest BCUT2D eigenvalue weighted by atomic mass is 10.0. The lowest BCUT2D eigenvalue weighted by Crippen LogP contribution is -2.45. The van der Waals surface area contributed by atoms with Gasteiger partial charge in [-0.2, -0.15) is 13.2 Å². The fraction of sp³-hybridized carbons (Fsp3) is 1.00. The van der Waals surface area contributed by atoms with Crippen molar-refractivity contribution in [2.24, 2.45) is 0 Å². The molecular weight excluding hydrogens is 285 g/mol. The lowest BCUT2D eigenvalue weighted by Gasteiger charge is -2.32. The standard InChI is InChI=1S/C14H27F3N2O2/c1-20-10-11-21-9-3-2-6-18-13-4-7-19(8-5-13)12-14(15,16)17/h13,18H,2-12H2,1H3. The average Bonchev–Trinajstić information content (AvgIpc) is 2.42. The predicted molar refractivity (Wildman–Crippen MR) is 75.4 cm³/mol. The van der Waals surface area contributed by atoms with Crippen molar-refractivity contribution in [1.82, 2.24) is 10.2 Å². The maximum Gasteiger partial charge on any atom is 0.401 e. The summed E-state index contributed by atoms with van der Waals surface area (Å²) >= 11 is 0. The molecule has 0 aromatic rings. The second kappa shape index (κ2) is 10.4. The van der Waals surface area contributed by atoms with E-state index in [1.165, 1.54) is 4.90 Å². The van der Waals surface area contributed by atoms with E-state index in [9.17, 15) is 13.2 Å². The number of ether oxygens (including phenoxy) is 2. The number of rotatable bonds is 10. The van der Waals surface area contributed by atoms with E-state index in [0.717, 1.165) is 38.8 Å². The van der Waals surface area contributed by atoms with Crippen molar-refractivity contribution in [3.8, 4) is 0 Å². The molecule has 21 heavy (non-hydrogen) atoms. The van der Waals surface area contributed by atoms with Crippen LogP contribution in [-0.2, 0) is 9.47 Å². The smallest absolute Gasteiger partial charge is 0.382 e. The summed E-state index contributed by atoms with van der Waals surface area (Å²) in [6, 6.07) is 0.351. The molecule has 0 spiro atoms. The molecule has 1 saturated heterocycles. The van der Waals surface area contributed by atoms with Gasteiger partial charge in [0.2, 0.25) is 0 Å².